The number of imidazole rings is 1. The van der Waals surface area contributed by atoms with E-state index in [1.54, 1.807) is 28.5 Å². The second kappa shape index (κ2) is 10.1. The number of carbonyl (C=O) groups is 1. The number of aryl methyl sites for hydroxylation is 1. The van der Waals surface area contributed by atoms with Gasteiger partial charge in [-0.25, -0.2) is 9.97 Å². The molecule has 1 amide bonds. The number of hydrogen-bond acceptors (Lipinski definition) is 6. The Hall–Kier alpha value is -3.34. The molecule has 8 nitrogen and oxygen atoms in total. The molecule has 178 valence electrons. The Morgan fingerprint density at radius 2 is 1.85 bits per heavy atom. The van der Waals surface area contributed by atoms with Gasteiger partial charge in [0.15, 0.2) is 0 Å². The number of carbonyl (C=O) groups excluding carboxylic acids is 1. The van der Waals surface area contributed by atoms with Gasteiger partial charge in [0.2, 0.25) is 5.78 Å². The number of nitrogens with one attached hydrogen (secondary N) is 1. The zero-order valence-corrected chi connectivity index (χ0v) is 18.7. The van der Waals surface area contributed by atoms with Crippen molar-refractivity contribution in [1.82, 2.24) is 19.3 Å². The van der Waals surface area contributed by atoms with Gasteiger partial charge in [-0.05, 0) is 30.7 Å². The molecule has 4 rings (SSSR count). The van der Waals surface area contributed by atoms with E-state index < -0.39 is 11.7 Å². The summed E-state index contributed by atoms with van der Waals surface area (Å²) < 4.78 is 46.1. The normalized spacial score (nSPS) is 14.1. The molecule has 33 heavy (non-hydrogen) atoms. The van der Waals surface area contributed by atoms with Crippen LogP contribution in [-0.2, 0) is 17.5 Å². The molecule has 3 N–H and O–H groups in total. The number of nitrogens with zero attached hydrogens (tertiary/aromatic N) is 4. The molecule has 1 fully saturated rings. The largest absolute Gasteiger partial charge is 0.416 e. The zero-order valence-electron chi connectivity index (χ0n) is 18.7. The lowest BCUT2D eigenvalue weighted by molar-refractivity contribution is -0.137. The Morgan fingerprint density at radius 1 is 1.15 bits per heavy atom. The van der Waals surface area contributed by atoms with Crippen molar-refractivity contribution in [3.63, 3.8) is 0 Å². The summed E-state index contributed by atoms with van der Waals surface area (Å²) in [5.41, 5.74) is 6.13. The number of anilines is 2. The average Bonchev–Trinajstić information content (AvgIpc) is 3.22. The maximum Gasteiger partial charge on any atom is 0.416 e. The molecule has 0 atom stereocenters. The molecule has 3 aromatic rings. The first-order valence-electron chi connectivity index (χ1n) is 10.6. The van der Waals surface area contributed by atoms with Crippen molar-refractivity contribution in [2.45, 2.75) is 33.5 Å². The number of benzene rings is 1. The van der Waals surface area contributed by atoms with Crippen LogP contribution in [0.25, 0.3) is 5.78 Å². The number of morpholine rings is 1. The zero-order chi connectivity index (χ0) is 24.2. The van der Waals surface area contributed by atoms with Crippen LogP contribution in [0.3, 0.4) is 0 Å². The molecule has 0 aliphatic carbocycles. The Labute approximate surface area is 189 Å². The molecular formula is C22H27F3N6O2. The highest BCUT2D eigenvalue weighted by atomic mass is 19.4. The smallest absolute Gasteiger partial charge is 0.399 e. The summed E-state index contributed by atoms with van der Waals surface area (Å²) >= 11 is 0. The first-order chi connectivity index (χ1) is 15.7. The first-order valence-corrected chi connectivity index (χ1v) is 10.6. The maximum absolute atomic E-state index is 13.1. The number of hydrogen-bond donors (Lipinski definition) is 2. The number of aromatic nitrogens is 3. The lowest BCUT2D eigenvalue weighted by Gasteiger charge is -2.25. The van der Waals surface area contributed by atoms with E-state index in [1.807, 2.05) is 13.8 Å². The summed E-state index contributed by atoms with van der Waals surface area (Å²) in [6, 6.07) is 5.16. The fourth-order valence-electron chi connectivity index (χ4n) is 3.43. The van der Waals surface area contributed by atoms with E-state index in [9.17, 15) is 18.0 Å². The average molecular weight is 464 g/mol. The summed E-state index contributed by atoms with van der Waals surface area (Å²) in [5, 5.41) is 3.10. The van der Waals surface area contributed by atoms with Gasteiger partial charge in [0.25, 0.3) is 5.91 Å². The van der Waals surface area contributed by atoms with Crippen molar-refractivity contribution in [3.05, 3.63) is 53.0 Å². The number of fused-ring (bicyclic) bond motifs is 1. The minimum absolute atomic E-state index is 0.0312. The lowest BCUT2D eigenvalue weighted by Crippen LogP contribution is -2.40. The summed E-state index contributed by atoms with van der Waals surface area (Å²) in [4.78, 5) is 23.1. The molecule has 11 heteroatoms. The summed E-state index contributed by atoms with van der Waals surface area (Å²) in [6.07, 6.45) is -2.91. The monoisotopic (exact) mass is 464 g/mol. The summed E-state index contributed by atoms with van der Waals surface area (Å²) in [6.45, 7) is 7.79. The van der Waals surface area contributed by atoms with Crippen molar-refractivity contribution < 1.29 is 22.7 Å². The second-order valence-corrected chi connectivity index (χ2v) is 7.30. The van der Waals surface area contributed by atoms with Crippen LogP contribution in [0.15, 0.2) is 30.5 Å². The third kappa shape index (κ3) is 5.72. The molecule has 1 aliphatic rings. The van der Waals surface area contributed by atoms with Gasteiger partial charge >= 0.3 is 6.18 Å². The highest BCUT2D eigenvalue weighted by Crippen LogP contribution is 2.31. The summed E-state index contributed by atoms with van der Waals surface area (Å²) in [5.74, 6) is 0.651. The number of amides is 1. The number of rotatable bonds is 4. The predicted molar refractivity (Wildman–Crippen MR) is 119 cm³/mol. The van der Waals surface area contributed by atoms with Crippen LogP contribution < -0.4 is 11.1 Å². The van der Waals surface area contributed by atoms with Crippen molar-refractivity contribution in [1.29, 1.82) is 0 Å². The number of nitrogens with two attached hydrogens (primary N) is 1. The predicted octanol–water partition coefficient (Wildman–Crippen LogP) is 3.75. The minimum atomic E-state index is -4.48. The maximum atomic E-state index is 13.1. The molecule has 1 aliphatic heterocycles. The van der Waals surface area contributed by atoms with Gasteiger partial charge < -0.3 is 20.7 Å². The van der Waals surface area contributed by atoms with Crippen molar-refractivity contribution in [3.8, 4) is 0 Å². The Kier molecular flexibility index (Phi) is 7.42. The van der Waals surface area contributed by atoms with Gasteiger partial charge in [0.1, 0.15) is 11.5 Å². The SMILES string of the molecule is CC.Cc1cc(NCc2cc(N)cc(C(F)(F)F)c2)n2cc(C(=O)N3CCOCC3)nc2n1. The number of halogens is 3. The van der Waals surface area contributed by atoms with E-state index in [0.717, 1.165) is 12.1 Å². The van der Waals surface area contributed by atoms with Crippen LogP contribution in [0, 0.1) is 6.92 Å². The molecular weight excluding hydrogens is 437 g/mol. The Balaban J connectivity index is 0.00000149. The van der Waals surface area contributed by atoms with Crippen LogP contribution in [0.5, 0.6) is 0 Å². The molecule has 0 bridgehead atoms. The van der Waals surface area contributed by atoms with E-state index in [0.29, 0.717) is 49.2 Å². The summed E-state index contributed by atoms with van der Waals surface area (Å²) in [7, 11) is 0. The molecule has 3 heterocycles. The van der Waals surface area contributed by atoms with E-state index in [1.165, 1.54) is 6.07 Å². The van der Waals surface area contributed by atoms with Crippen molar-refractivity contribution >= 4 is 23.2 Å². The van der Waals surface area contributed by atoms with Crippen molar-refractivity contribution in [2.75, 3.05) is 37.4 Å². The number of alkyl halides is 3. The van der Waals surface area contributed by atoms with Crippen LogP contribution in [0.1, 0.15) is 41.2 Å². The van der Waals surface area contributed by atoms with Gasteiger partial charge in [-0.1, -0.05) is 13.8 Å². The lowest BCUT2D eigenvalue weighted by atomic mass is 10.1. The minimum Gasteiger partial charge on any atom is -0.399 e. The second-order valence-electron chi connectivity index (χ2n) is 7.30. The molecule has 0 unspecified atom stereocenters. The fraction of sp³-hybridized carbons (Fsp3) is 0.409. The van der Waals surface area contributed by atoms with E-state index >= 15 is 0 Å². The third-order valence-electron chi connectivity index (χ3n) is 4.90. The quantitative estimate of drug-likeness (QED) is 0.571. The topological polar surface area (TPSA) is 97.8 Å². The Morgan fingerprint density at radius 3 is 2.52 bits per heavy atom. The highest BCUT2D eigenvalue weighted by Gasteiger charge is 2.31. The molecule has 0 radical (unpaired) electrons. The number of nitrogen functional groups attached to an aromatic ring is 1. The molecule has 2 aromatic heterocycles. The van der Waals surface area contributed by atoms with Gasteiger partial charge in [0, 0.05) is 43.3 Å². The fourth-order valence-corrected chi connectivity index (χ4v) is 3.43. The van der Waals surface area contributed by atoms with E-state index in [4.69, 9.17) is 10.5 Å². The standard InChI is InChI=1S/C20H21F3N6O2.C2H6/c1-12-6-17(25-10-13-7-14(20(21,22)23)9-15(24)8-13)29-11-16(27-19(29)26-12)18(30)28-2-4-31-5-3-28;1-2/h6-9,11,25H,2-5,10,24H2,1H3;1-2H3. The van der Waals surface area contributed by atoms with Crippen molar-refractivity contribution in [2.24, 2.45) is 0 Å². The van der Waals surface area contributed by atoms with Gasteiger partial charge in [-0.2, -0.15) is 13.2 Å². The first kappa shape index (κ1) is 24.3. The van der Waals surface area contributed by atoms with Crippen LogP contribution >= 0.6 is 0 Å². The van der Waals surface area contributed by atoms with Crippen LogP contribution in [-0.4, -0.2) is 51.5 Å². The Bertz CT molecular complexity index is 1120. The van der Waals surface area contributed by atoms with Gasteiger partial charge in [-0.3, -0.25) is 9.20 Å². The van der Waals surface area contributed by atoms with E-state index in [-0.39, 0.29) is 23.8 Å². The van der Waals surface area contributed by atoms with Crippen LogP contribution in [0.4, 0.5) is 24.7 Å². The van der Waals surface area contributed by atoms with Gasteiger partial charge in [0.05, 0.1) is 18.8 Å². The molecule has 0 spiro atoms. The van der Waals surface area contributed by atoms with E-state index in [2.05, 4.69) is 15.3 Å². The molecule has 1 saturated heterocycles. The molecule has 1 aromatic carbocycles. The highest BCUT2D eigenvalue weighted by molar-refractivity contribution is 5.93. The third-order valence-corrected chi connectivity index (χ3v) is 4.90. The molecule has 0 saturated carbocycles. The van der Waals surface area contributed by atoms with Crippen LogP contribution in [0.2, 0.25) is 0 Å². The van der Waals surface area contributed by atoms with Gasteiger partial charge in [-0.15, -0.1) is 0 Å². The number of ether oxygens (including phenoxy) is 1.